The Balaban J connectivity index is 1.75. The van der Waals surface area contributed by atoms with Gasteiger partial charge in [-0.25, -0.2) is 0 Å². The molecule has 3 N–H and O–H groups in total. The van der Waals surface area contributed by atoms with Crippen LogP contribution >= 0.6 is 0 Å². The van der Waals surface area contributed by atoms with Crippen molar-refractivity contribution in [3.63, 3.8) is 0 Å². The van der Waals surface area contributed by atoms with Gasteiger partial charge in [-0.05, 0) is 24.3 Å². The number of ether oxygens (including phenoxy) is 2. The number of nitrogens with one attached hydrogen (secondary N) is 1. The lowest BCUT2D eigenvalue weighted by molar-refractivity contribution is 0.0511. The Kier molecular flexibility index (Phi) is 7.82. The van der Waals surface area contributed by atoms with Crippen molar-refractivity contribution < 1.29 is 14.3 Å². The zero-order valence-electron chi connectivity index (χ0n) is 13.5. The summed E-state index contributed by atoms with van der Waals surface area (Å²) in [4.78, 5) is 20.6. The summed E-state index contributed by atoms with van der Waals surface area (Å²) in [7, 11) is 0. The smallest absolute Gasteiger partial charge is 0.251 e. The summed E-state index contributed by atoms with van der Waals surface area (Å²) in [5.74, 6) is -0.169. The lowest BCUT2D eigenvalue weighted by Crippen LogP contribution is -2.27. The summed E-state index contributed by atoms with van der Waals surface area (Å²) in [6.07, 6.45) is 3.29. The van der Waals surface area contributed by atoms with E-state index >= 15 is 0 Å². The van der Waals surface area contributed by atoms with Crippen molar-refractivity contribution in [3.05, 3.63) is 48.3 Å². The first-order chi connectivity index (χ1) is 11.8. The number of carbonyl (C=O) groups excluding carboxylic acids is 1. The lowest BCUT2D eigenvalue weighted by atomic mass is 10.1. The largest absolute Gasteiger partial charge is 0.378 e. The molecule has 24 heavy (non-hydrogen) atoms. The van der Waals surface area contributed by atoms with Gasteiger partial charge in [0, 0.05) is 31.0 Å². The molecular formula is C17H22N4O3. The second kappa shape index (κ2) is 10.4. The topological polar surface area (TPSA) is 99.4 Å². The first-order valence-electron chi connectivity index (χ1n) is 7.82. The first-order valence-corrected chi connectivity index (χ1v) is 7.82. The minimum atomic E-state index is -0.169. The molecule has 0 spiro atoms. The molecule has 0 aliphatic heterocycles. The fourth-order valence-electron chi connectivity index (χ4n) is 1.97. The Morgan fingerprint density at radius 2 is 1.79 bits per heavy atom. The quantitative estimate of drug-likeness (QED) is 0.627. The van der Waals surface area contributed by atoms with Crippen LogP contribution in [-0.2, 0) is 9.47 Å². The van der Waals surface area contributed by atoms with Crippen LogP contribution in [0.5, 0.6) is 0 Å². The number of pyridine rings is 2. The molecule has 0 saturated carbocycles. The minimum Gasteiger partial charge on any atom is -0.378 e. The van der Waals surface area contributed by atoms with Crippen molar-refractivity contribution in [3.8, 4) is 11.4 Å². The van der Waals surface area contributed by atoms with Crippen molar-refractivity contribution in [1.82, 2.24) is 15.3 Å². The fourth-order valence-corrected chi connectivity index (χ4v) is 1.97. The lowest BCUT2D eigenvalue weighted by Gasteiger charge is -2.08. The SMILES string of the molecule is NCCOCCOCCNC(=O)c1ccnc(-c2ccccn2)c1. The van der Waals surface area contributed by atoms with Crippen molar-refractivity contribution in [1.29, 1.82) is 0 Å². The van der Waals surface area contributed by atoms with E-state index in [-0.39, 0.29) is 5.91 Å². The third kappa shape index (κ3) is 6.04. The van der Waals surface area contributed by atoms with E-state index in [0.717, 1.165) is 5.69 Å². The second-order valence-electron chi connectivity index (χ2n) is 4.91. The molecular weight excluding hydrogens is 308 g/mol. The molecule has 0 bridgehead atoms. The van der Waals surface area contributed by atoms with Crippen molar-refractivity contribution in [2.24, 2.45) is 5.73 Å². The molecule has 2 heterocycles. The number of carbonyl (C=O) groups is 1. The van der Waals surface area contributed by atoms with Crippen molar-refractivity contribution in [2.45, 2.75) is 0 Å². The van der Waals surface area contributed by atoms with E-state index in [1.165, 1.54) is 0 Å². The van der Waals surface area contributed by atoms with Crippen LogP contribution in [0.2, 0.25) is 0 Å². The number of nitrogens with two attached hydrogens (primary N) is 1. The third-order valence-electron chi connectivity index (χ3n) is 3.12. The van der Waals surface area contributed by atoms with E-state index in [2.05, 4.69) is 15.3 Å². The summed E-state index contributed by atoms with van der Waals surface area (Å²) >= 11 is 0. The van der Waals surface area contributed by atoms with Crippen LogP contribution in [-0.4, -0.2) is 55.4 Å². The predicted octanol–water partition coefficient (Wildman–Crippen LogP) is 0.865. The Labute approximate surface area is 141 Å². The van der Waals surface area contributed by atoms with E-state index in [1.807, 2.05) is 18.2 Å². The Morgan fingerprint density at radius 3 is 2.54 bits per heavy atom. The van der Waals surface area contributed by atoms with Gasteiger partial charge in [-0.15, -0.1) is 0 Å². The van der Waals surface area contributed by atoms with E-state index in [4.69, 9.17) is 15.2 Å². The summed E-state index contributed by atoms with van der Waals surface area (Å²) < 4.78 is 10.5. The highest BCUT2D eigenvalue weighted by atomic mass is 16.5. The molecule has 2 rings (SSSR count). The summed E-state index contributed by atoms with van der Waals surface area (Å²) in [6.45, 7) is 2.87. The van der Waals surface area contributed by atoms with Crippen LogP contribution in [0.15, 0.2) is 42.7 Å². The molecule has 2 aromatic heterocycles. The number of aromatic nitrogens is 2. The summed E-state index contributed by atoms with van der Waals surface area (Å²) in [5, 5.41) is 2.81. The van der Waals surface area contributed by atoms with Gasteiger partial charge in [-0.3, -0.25) is 14.8 Å². The zero-order chi connectivity index (χ0) is 17.0. The van der Waals surface area contributed by atoms with Crippen molar-refractivity contribution >= 4 is 5.91 Å². The van der Waals surface area contributed by atoms with Crippen LogP contribution in [0.1, 0.15) is 10.4 Å². The van der Waals surface area contributed by atoms with E-state index < -0.39 is 0 Å². The Morgan fingerprint density at radius 1 is 1.00 bits per heavy atom. The number of hydrogen-bond donors (Lipinski definition) is 2. The van der Waals surface area contributed by atoms with Gasteiger partial charge in [0.15, 0.2) is 0 Å². The van der Waals surface area contributed by atoms with Gasteiger partial charge in [0.05, 0.1) is 37.8 Å². The molecule has 0 fully saturated rings. The summed E-state index contributed by atoms with van der Waals surface area (Å²) in [5.41, 5.74) is 7.24. The fraction of sp³-hybridized carbons (Fsp3) is 0.353. The van der Waals surface area contributed by atoms with Crippen LogP contribution in [0, 0.1) is 0 Å². The molecule has 2 aromatic rings. The monoisotopic (exact) mass is 330 g/mol. The highest BCUT2D eigenvalue weighted by molar-refractivity contribution is 5.94. The molecule has 0 aliphatic carbocycles. The maximum atomic E-state index is 12.1. The average molecular weight is 330 g/mol. The number of nitrogens with zero attached hydrogens (tertiary/aromatic N) is 2. The summed E-state index contributed by atoms with van der Waals surface area (Å²) in [6, 6.07) is 8.96. The molecule has 1 amide bonds. The third-order valence-corrected chi connectivity index (χ3v) is 3.12. The standard InChI is InChI=1S/C17H22N4O3/c18-5-9-23-11-12-24-10-8-21-17(22)14-4-7-20-16(13-14)15-3-1-2-6-19-15/h1-4,6-7,13H,5,8-12,18H2,(H,21,22). The molecule has 0 saturated heterocycles. The Hall–Kier alpha value is -2.35. The van der Waals surface area contributed by atoms with Crippen LogP contribution in [0.3, 0.4) is 0 Å². The molecule has 0 aliphatic rings. The molecule has 0 aromatic carbocycles. The molecule has 128 valence electrons. The number of hydrogen-bond acceptors (Lipinski definition) is 6. The maximum absolute atomic E-state index is 12.1. The normalized spacial score (nSPS) is 10.5. The highest BCUT2D eigenvalue weighted by Gasteiger charge is 2.08. The number of amides is 1. The van der Waals surface area contributed by atoms with Crippen LogP contribution < -0.4 is 11.1 Å². The Bertz CT molecular complexity index is 622. The van der Waals surface area contributed by atoms with Gasteiger partial charge >= 0.3 is 0 Å². The maximum Gasteiger partial charge on any atom is 0.251 e. The van der Waals surface area contributed by atoms with Gasteiger partial charge in [-0.1, -0.05) is 6.07 Å². The van der Waals surface area contributed by atoms with Gasteiger partial charge in [0.2, 0.25) is 0 Å². The zero-order valence-corrected chi connectivity index (χ0v) is 13.5. The molecule has 7 heteroatoms. The molecule has 0 atom stereocenters. The molecule has 7 nitrogen and oxygen atoms in total. The van der Waals surface area contributed by atoms with E-state index in [1.54, 1.807) is 24.5 Å². The highest BCUT2D eigenvalue weighted by Crippen LogP contribution is 2.14. The first kappa shape index (κ1) is 18.0. The van der Waals surface area contributed by atoms with E-state index in [9.17, 15) is 4.79 Å². The number of rotatable bonds is 10. The van der Waals surface area contributed by atoms with Gasteiger partial charge in [-0.2, -0.15) is 0 Å². The molecule has 0 radical (unpaired) electrons. The van der Waals surface area contributed by atoms with Gasteiger partial charge in [0.25, 0.3) is 5.91 Å². The second-order valence-corrected chi connectivity index (χ2v) is 4.91. The molecule has 0 unspecified atom stereocenters. The van der Waals surface area contributed by atoms with Crippen LogP contribution in [0.25, 0.3) is 11.4 Å². The van der Waals surface area contributed by atoms with E-state index in [0.29, 0.717) is 50.8 Å². The average Bonchev–Trinajstić information content (AvgIpc) is 2.64. The minimum absolute atomic E-state index is 0.169. The van der Waals surface area contributed by atoms with Gasteiger partial charge < -0.3 is 20.5 Å². The predicted molar refractivity (Wildman–Crippen MR) is 90.5 cm³/mol. The van der Waals surface area contributed by atoms with Crippen molar-refractivity contribution in [2.75, 3.05) is 39.5 Å². The van der Waals surface area contributed by atoms with Crippen LogP contribution in [0.4, 0.5) is 0 Å². The van der Waals surface area contributed by atoms with Gasteiger partial charge in [0.1, 0.15) is 0 Å².